The minimum Gasteiger partial charge on any atom is -0.481 e. The van der Waals surface area contributed by atoms with E-state index in [9.17, 15) is 14.7 Å². The molecule has 2 aromatic carbocycles. The number of ketones is 1. The zero-order valence-electron chi connectivity index (χ0n) is 14.7. The number of hydrogen-bond donors (Lipinski definition) is 1. The fourth-order valence-corrected chi connectivity index (χ4v) is 2.67. The lowest BCUT2D eigenvalue weighted by Gasteiger charge is -2.20. The summed E-state index contributed by atoms with van der Waals surface area (Å²) < 4.78 is 0. The van der Waals surface area contributed by atoms with E-state index in [-0.39, 0.29) is 11.2 Å². The first-order valence-electron chi connectivity index (χ1n) is 8.11. The number of Topliss-reactive ketones (excluding diaryl/α,β-unsaturated/α-hetero) is 1. The molecule has 3 nitrogen and oxygen atoms in total. The highest BCUT2D eigenvalue weighted by Gasteiger charge is 2.21. The van der Waals surface area contributed by atoms with E-state index in [1.807, 2.05) is 36.4 Å². The second kappa shape index (κ2) is 7.00. The van der Waals surface area contributed by atoms with E-state index in [1.54, 1.807) is 12.1 Å². The Kier molecular flexibility index (Phi) is 5.23. The maximum absolute atomic E-state index is 11.7. The number of carboxylic acid groups (broad SMARTS) is 1. The molecule has 2 aromatic rings. The highest BCUT2D eigenvalue weighted by molar-refractivity contribution is 5.94. The second-order valence-corrected chi connectivity index (χ2v) is 7.22. The van der Waals surface area contributed by atoms with E-state index >= 15 is 0 Å². The zero-order chi connectivity index (χ0) is 17.9. The molecule has 0 fully saturated rings. The van der Waals surface area contributed by atoms with E-state index in [2.05, 4.69) is 20.8 Å². The SMILES string of the molecule is CC(=O)c1ccc(CC(C(=O)O)c2ccc(C(C)(C)C)cc2)cc1. The normalized spacial score (nSPS) is 12.7. The van der Waals surface area contributed by atoms with E-state index in [4.69, 9.17) is 0 Å². The van der Waals surface area contributed by atoms with Crippen LogP contribution >= 0.6 is 0 Å². The summed E-state index contributed by atoms with van der Waals surface area (Å²) in [5.41, 5.74) is 3.57. The molecule has 0 spiro atoms. The third-order valence-corrected chi connectivity index (χ3v) is 4.28. The first kappa shape index (κ1) is 17.9. The Labute approximate surface area is 143 Å². The first-order chi connectivity index (χ1) is 11.2. The van der Waals surface area contributed by atoms with E-state index in [0.29, 0.717) is 12.0 Å². The van der Waals surface area contributed by atoms with Gasteiger partial charge in [-0.05, 0) is 35.4 Å². The Balaban J connectivity index is 2.23. The molecule has 0 saturated carbocycles. The average molecular weight is 324 g/mol. The van der Waals surface area contributed by atoms with E-state index < -0.39 is 11.9 Å². The lowest BCUT2D eigenvalue weighted by Crippen LogP contribution is -2.16. The predicted octanol–water partition coefficient (Wildman–Crippen LogP) is 4.60. The third-order valence-electron chi connectivity index (χ3n) is 4.28. The predicted molar refractivity (Wildman–Crippen MR) is 95.7 cm³/mol. The number of carbonyl (C=O) groups is 2. The lowest BCUT2D eigenvalue weighted by atomic mass is 9.84. The van der Waals surface area contributed by atoms with Gasteiger partial charge in [0.05, 0.1) is 5.92 Å². The van der Waals surface area contributed by atoms with Gasteiger partial charge in [-0.3, -0.25) is 9.59 Å². The summed E-state index contributed by atoms with van der Waals surface area (Å²) in [5, 5.41) is 9.61. The molecule has 1 atom stereocenters. The van der Waals surface area contributed by atoms with Crippen LogP contribution in [0.2, 0.25) is 0 Å². The van der Waals surface area contributed by atoms with Crippen molar-refractivity contribution in [3.63, 3.8) is 0 Å². The first-order valence-corrected chi connectivity index (χ1v) is 8.11. The molecule has 0 radical (unpaired) electrons. The molecule has 0 saturated heterocycles. The number of benzene rings is 2. The van der Waals surface area contributed by atoms with Crippen molar-refractivity contribution < 1.29 is 14.7 Å². The van der Waals surface area contributed by atoms with E-state index in [0.717, 1.165) is 11.1 Å². The molecule has 0 amide bonds. The van der Waals surface area contributed by atoms with Crippen LogP contribution in [0.15, 0.2) is 48.5 Å². The van der Waals surface area contributed by atoms with Crippen molar-refractivity contribution in [2.24, 2.45) is 0 Å². The summed E-state index contributed by atoms with van der Waals surface area (Å²) in [6.07, 6.45) is 0.405. The summed E-state index contributed by atoms with van der Waals surface area (Å²) in [6.45, 7) is 7.92. The maximum atomic E-state index is 11.7. The van der Waals surface area contributed by atoms with Crippen LogP contribution in [0.4, 0.5) is 0 Å². The van der Waals surface area contributed by atoms with Gasteiger partial charge in [0.2, 0.25) is 0 Å². The van der Waals surface area contributed by atoms with Gasteiger partial charge in [0.1, 0.15) is 0 Å². The smallest absolute Gasteiger partial charge is 0.311 e. The van der Waals surface area contributed by atoms with Crippen molar-refractivity contribution in [3.05, 3.63) is 70.8 Å². The third kappa shape index (κ3) is 4.31. The maximum Gasteiger partial charge on any atom is 0.311 e. The molecule has 2 rings (SSSR count). The number of aliphatic carboxylic acids is 1. The molecule has 0 aliphatic heterocycles. The topological polar surface area (TPSA) is 54.4 Å². The van der Waals surface area contributed by atoms with Crippen molar-refractivity contribution in [1.82, 2.24) is 0 Å². The van der Waals surface area contributed by atoms with Crippen LogP contribution in [-0.4, -0.2) is 16.9 Å². The van der Waals surface area contributed by atoms with Gasteiger partial charge < -0.3 is 5.11 Å². The molecule has 0 aliphatic rings. The van der Waals surface area contributed by atoms with E-state index in [1.165, 1.54) is 12.5 Å². The number of hydrogen-bond acceptors (Lipinski definition) is 2. The Hall–Kier alpha value is -2.42. The molecular weight excluding hydrogens is 300 g/mol. The quantitative estimate of drug-likeness (QED) is 0.818. The van der Waals surface area contributed by atoms with Crippen LogP contribution in [0.1, 0.15) is 60.7 Å². The number of rotatable bonds is 5. The van der Waals surface area contributed by atoms with Gasteiger partial charge in [0.25, 0.3) is 0 Å². The van der Waals surface area contributed by atoms with Crippen LogP contribution in [0.3, 0.4) is 0 Å². The van der Waals surface area contributed by atoms with Gasteiger partial charge in [0.15, 0.2) is 5.78 Å². The summed E-state index contributed by atoms with van der Waals surface area (Å²) in [6, 6.07) is 15.0. The summed E-state index contributed by atoms with van der Waals surface area (Å²) >= 11 is 0. The Morgan fingerprint density at radius 3 is 1.92 bits per heavy atom. The molecule has 0 aliphatic carbocycles. The standard InChI is InChI=1S/C21H24O3/c1-14(22)16-7-5-15(6-8-16)13-19(20(23)24)17-9-11-18(12-10-17)21(2,3)4/h5-12,19H,13H2,1-4H3,(H,23,24). The zero-order valence-corrected chi connectivity index (χ0v) is 14.7. The van der Waals surface area contributed by atoms with Gasteiger partial charge in [-0.15, -0.1) is 0 Å². The lowest BCUT2D eigenvalue weighted by molar-refractivity contribution is -0.138. The number of carbonyl (C=O) groups excluding carboxylic acids is 1. The highest BCUT2D eigenvalue weighted by Crippen LogP contribution is 2.26. The van der Waals surface area contributed by atoms with Crippen molar-refractivity contribution in [3.8, 4) is 0 Å². The van der Waals surface area contributed by atoms with Crippen LogP contribution in [0, 0.1) is 0 Å². The molecule has 0 aromatic heterocycles. The van der Waals surface area contributed by atoms with Gasteiger partial charge in [-0.2, -0.15) is 0 Å². The second-order valence-electron chi connectivity index (χ2n) is 7.22. The van der Waals surface area contributed by atoms with Crippen LogP contribution in [0.5, 0.6) is 0 Å². The van der Waals surface area contributed by atoms with Gasteiger partial charge in [-0.1, -0.05) is 69.3 Å². The molecule has 0 bridgehead atoms. The molecule has 1 N–H and O–H groups in total. The van der Waals surface area contributed by atoms with Crippen LogP contribution < -0.4 is 0 Å². The van der Waals surface area contributed by atoms with Crippen molar-refractivity contribution in [2.45, 2.75) is 45.4 Å². The molecule has 0 heterocycles. The minimum atomic E-state index is -0.839. The van der Waals surface area contributed by atoms with Crippen molar-refractivity contribution in [2.75, 3.05) is 0 Å². The Bertz CT molecular complexity index is 719. The fourth-order valence-electron chi connectivity index (χ4n) is 2.67. The van der Waals surface area contributed by atoms with Gasteiger partial charge in [0, 0.05) is 5.56 Å². The van der Waals surface area contributed by atoms with Crippen LogP contribution in [-0.2, 0) is 16.6 Å². The Morgan fingerprint density at radius 2 is 1.50 bits per heavy atom. The summed E-state index contributed by atoms with van der Waals surface area (Å²) in [4.78, 5) is 23.0. The summed E-state index contributed by atoms with van der Waals surface area (Å²) in [5.74, 6) is -1.43. The molecule has 126 valence electrons. The fraction of sp³-hybridized carbons (Fsp3) is 0.333. The molecule has 3 heteroatoms. The van der Waals surface area contributed by atoms with Crippen molar-refractivity contribution in [1.29, 1.82) is 0 Å². The highest BCUT2D eigenvalue weighted by atomic mass is 16.4. The minimum absolute atomic E-state index is 0.00843. The monoisotopic (exact) mass is 324 g/mol. The van der Waals surface area contributed by atoms with Gasteiger partial charge >= 0.3 is 5.97 Å². The van der Waals surface area contributed by atoms with Gasteiger partial charge in [-0.25, -0.2) is 0 Å². The van der Waals surface area contributed by atoms with Crippen molar-refractivity contribution >= 4 is 11.8 Å². The molecule has 1 unspecified atom stereocenters. The van der Waals surface area contributed by atoms with Crippen LogP contribution in [0.25, 0.3) is 0 Å². The summed E-state index contributed by atoms with van der Waals surface area (Å²) in [7, 11) is 0. The molecular formula is C21H24O3. The average Bonchev–Trinajstić information content (AvgIpc) is 2.52. The Morgan fingerprint density at radius 1 is 0.958 bits per heavy atom. The largest absolute Gasteiger partial charge is 0.481 e. The number of carboxylic acids is 1. The molecule has 24 heavy (non-hydrogen) atoms.